The molecule has 1 heterocycles. The van der Waals surface area contributed by atoms with Gasteiger partial charge in [-0.15, -0.1) is 0 Å². The molecule has 2 N–H and O–H groups in total. The summed E-state index contributed by atoms with van der Waals surface area (Å²) in [6.45, 7) is 0.121. The third-order valence-corrected chi connectivity index (χ3v) is 2.40. The van der Waals surface area contributed by atoms with E-state index in [0.29, 0.717) is 16.3 Å². The Labute approximate surface area is 91.3 Å². The lowest BCUT2D eigenvalue weighted by Crippen LogP contribution is -2.03. The average molecular weight is 226 g/mol. The second kappa shape index (κ2) is 4.00. The van der Waals surface area contributed by atoms with E-state index in [1.54, 1.807) is 24.3 Å². The highest BCUT2D eigenvalue weighted by molar-refractivity contribution is 6.32. The predicted molar refractivity (Wildman–Crippen MR) is 56.4 cm³/mol. The number of rotatable bonds is 2. The van der Waals surface area contributed by atoms with Crippen molar-refractivity contribution in [3.8, 4) is 5.69 Å². The number of benzene rings is 1. The first kappa shape index (κ1) is 10.1. The Bertz CT molecular complexity index is 481. The third-order valence-electron chi connectivity index (χ3n) is 2.08. The molecular weight excluding hydrogens is 217 g/mol. The maximum absolute atomic E-state index is 13.7. The minimum atomic E-state index is -0.467. The second-order valence-electron chi connectivity index (χ2n) is 3.03. The standard InChI is InChI=1S/C10H9ClFN3/c11-8-3-1-2-4-9(8)15-10(12)7(5-13)6-14-15/h1-4,6H,5,13H2. The molecule has 0 aliphatic rings. The summed E-state index contributed by atoms with van der Waals surface area (Å²) in [6, 6.07) is 6.92. The molecule has 5 heteroatoms. The van der Waals surface area contributed by atoms with Crippen molar-refractivity contribution in [1.29, 1.82) is 0 Å². The van der Waals surface area contributed by atoms with Gasteiger partial charge in [0.25, 0.3) is 0 Å². The molecule has 0 unspecified atom stereocenters. The fourth-order valence-electron chi connectivity index (χ4n) is 1.30. The van der Waals surface area contributed by atoms with Crippen molar-refractivity contribution in [1.82, 2.24) is 9.78 Å². The minimum absolute atomic E-state index is 0.121. The molecule has 0 atom stereocenters. The molecule has 2 rings (SSSR count). The van der Waals surface area contributed by atoms with Gasteiger partial charge in [-0.05, 0) is 12.1 Å². The molecule has 2 aromatic rings. The van der Waals surface area contributed by atoms with E-state index < -0.39 is 5.95 Å². The molecule has 0 saturated carbocycles. The van der Waals surface area contributed by atoms with Crippen LogP contribution in [0.15, 0.2) is 30.5 Å². The molecule has 0 aliphatic carbocycles. The van der Waals surface area contributed by atoms with Crippen molar-refractivity contribution in [2.24, 2.45) is 5.73 Å². The first-order valence-electron chi connectivity index (χ1n) is 4.41. The Hall–Kier alpha value is -1.39. The van der Waals surface area contributed by atoms with Crippen molar-refractivity contribution >= 4 is 11.6 Å². The highest BCUT2D eigenvalue weighted by Crippen LogP contribution is 2.21. The van der Waals surface area contributed by atoms with Gasteiger partial charge in [0.05, 0.1) is 16.9 Å². The summed E-state index contributed by atoms with van der Waals surface area (Å²) in [7, 11) is 0. The Kier molecular flexibility index (Phi) is 2.70. The van der Waals surface area contributed by atoms with Crippen LogP contribution in [0.25, 0.3) is 5.69 Å². The molecule has 15 heavy (non-hydrogen) atoms. The zero-order valence-corrected chi connectivity index (χ0v) is 8.58. The zero-order chi connectivity index (χ0) is 10.8. The summed E-state index contributed by atoms with van der Waals surface area (Å²) in [5, 5.41) is 4.34. The number of nitrogens with zero attached hydrogens (tertiary/aromatic N) is 2. The Morgan fingerprint density at radius 2 is 2.13 bits per heavy atom. The first-order chi connectivity index (χ1) is 7.24. The van der Waals surface area contributed by atoms with Gasteiger partial charge in [0.15, 0.2) is 0 Å². The fourth-order valence-corrected chi connectivity index (χ4v) is 1.51. The van der Waals surface area contributed by atoms with Gasteiger partial charge in [-0.3, -0.25) is 0 Å². The van der Waals surface area contributed by atoms with E-state index in [0.717, 1.165) is 4.68 Å². The SMILES string of the molecule is NCc1cnn(-c2ccccc2Cl)c1F. The summed E-state index contributed by atoms with van der Waals surface area (Å²) in [5.74, 6) is -0.467. The van der Waals surface area contributed by atoms with Crippen LogP contribution in [0.3, 0.4) is 0 Å². The smallest absolute Gasteiger partial charge is 0.220 e. The number of para-hydroxylation sites is 1. The van der Waals surface area contributed by atoms with Crippen LogP contribution in [-0.2, 0) is 6.54 Å². The quantitative estimate of drug-likeness (QED) is 0.851. The summed E-state index contributed by atoms with van der Waals surface area (Å²) >= 11 is 5.92. The molecule has 78 valence electrons. The number of hydrogen-bond donors (Lipinski definition) is 1. The fraction of sp³-hybridized carbons (Fsp3) is 0.100. The van der Waals surface area contributed by atoms with Gasteiger partial charge in [-0.25, -0.2) is 4.68 Å². The lowest BCUT2D eigenvalue weighted by molar-refractivity contribution is 0.526. The number of halogens is 2. The molecule has 0 fully saturated rings. The predicted octanol–water partition coefficient (Wildman–Crippen LogP) is 2.12. The van der Waals surface area contributed by atoms with Gasteiger partial charge >= 0.3 is 0 Å². The lowest BCUT2D eigenvalue weighted by atomic mass is 10.3. The van der Waals surface area contributed by atoms with Crippen molar-refractivity contribution in [2.45, 2.75) is 6.54 Å². The zero-order valence-electron chi connectivity index (χ0n) is 7.82. The van der Waals surface area contributed by atoms with Crippen LogP contribution >= 0.6 is 11.6 Å². The van der Waals surface area contributed by atoms with E-state index >= 15 is 0 Å². The molecule has 0 radical (unpaired) electrons. The maximum Gasteiger partial charge on any atom is 0.220 e. The van der Waals surface area contributed by atoms with Crippen LogP contribution in [0.2, 0.25) is 5.02 Å². The van der Waals surface area contributed by atoms with Crippen molar-refractivity contribution in [3.63, 3.8) is 0 Å². The summed E-state index contributed by atoms with van der Waals surface area (Å²) in [5.41, 5.74) is 6.23. The molecule has 0 saturated heterocycles. The van der Waals surface area contributed by atoms with Crippen LogP contribution in [-0.4, -0.2) is 9.78 Å². The topological polar surface area (TPSA) is 43.8 Å². The summed E-state index contributed by atoms with van der Waals surface area (Å²) < 4.78 is 14.8. The highest BCUT2D eigenvalue weighted by atomic mass is 35.5. The largest absolute Gasteiger partial charge is 0.326 e. The van der Waals surface area contributed by atoms with E-state index in [4.69, 9.17) is 17.3 Å². The van der Waals surface area contributed by atoms with E-state index in [-0.39, 0.29) is 6.54 Å². The molecule has 0 spiro atoms. The summed E-state index contributed by atoms with van der Waals surface area (Å²) in [6.07, 6.45) is 1.40. The van der Waals surface area contributed by atoms with Gasteiger partial charge in [0, 0.05) is 12.1 Å². The lowest BCUT2D eigenvalue weighted by Gasteiger charge is -2.04. The Morgan fingerprint density at radius 3 is 2.73 bits per heavy atom. The van der Waals surface area contributed by atoms with Crippen LogP contribution in [0.4, 0.5) is 4.39 Å². The van der Waals surface area contributed by atoms with E-state index in [2.05, 4.69) is 5.10 Å². The Balaban J connectivity index is 2.55. The van der Waals surface area contributed by atoms with Gasteiger partial charge in [0.2, 0.25) is 5.95 Å². The van der Waals surface area contributed by atoms with Crippen molar-refractivity contribution in [3.05, 3.63) is 47.0 Å². The van der Waals surface area contributed by atoms with Crippen LogP contribution in [0.5, 0.6) is 0 Å². The summed E-state index contributed by atoms with van der Waals surface area (Å²) in [4.78, 5) is 0. The molecule has 3 nitrogen and oxygen atoms in total. The van der Waals surface area contributed by atoms with Crippen molar-refractivity contribution < 1.29 is 4.39 Å². The molecule has 0 aliphatic heterocycles. The van der Waals surface area contributed by atoms with Gasteiger partial charge in [-0.2, -0.15) is 9.49 Å². The van der Waals surface area contributed by atoms with Crippen molar-refractivity contribution in [2.75, 3.05) is 0 Å². The number of aromatic nitrogens is 2. The van der Waals surface area contributed by atoms with E-state index in [1.807, 2.05) is 0 Å². The maximum atomic E-state index is 13.7. The van der Waals surface area contributed by atoms with Crippen LogP contribution in [0, 0.1) is 5.95 Å². The number of hydrogen-bond acceptors (Lipinski definition) is 2. The molecule has 1 aromatic heterocycles. The molecule has 1 aromatic carbocycles. The van der Waals surface area contributed by atoms with Gasteiger partial charge in [-0.1, -0.05) is 23.7 Å². The Morgan fingerprint density at radius 1 is 1.40 bits per heavy atom. The van der Waals surface area contributed by atoms with Crippen LogP contribution < -0.4 is 5.73 Å². The van der Waals surface area contributed by atoms with Gasteiger partial charge in [0.1, 0.15) is 0 Å². The average Bonchev–Trinajstić information content (AvgIpc) is 2.60. The first-order valence-corrected chi connectivity index (χ1v) is 4.79. The number of nitrogens with two attached hydrogens (primary N) is 1. The second-order valence-corrected chi connectivity index (χ2v) is 3.44. The third kappa shape index (κ3) is 1.73. The molecule has 0 bridgehead atoms. The molecule has 0 amide bonds. The normalized spacial score (nSPS) is 10.6. The van der Waals surface area contributed by atoms with Crippen LogP contribution in [0.1, 0.15) is 5.56 Å². The molecular formula is C10H9ClFN3. The van der Waals surface area contributed by atoms with E-state index in [1.165, 1.54) is 6.20 Å². The highest BCUT2D eigenvalue weighted by Gasteiger charge is 2.12. The van der Waals surface area contributed by atoms with E-state index in [9.17, 15) is 4.39 Å². The monoisotopic (exact) mass is 225 g/mol. The van der Waals surface area contributed by atoms with Gasteiger partial charge < -0.3 is 5.73 Å². The minimum Gasteiger partial charge on any atom is -0.326 e.